The molecule has 1 heterocycles. The van der Waals surface area contributed by atoms with Crippen LogP contribution in [0.2, 0.25) is 0 Å². The molecule has 2 rings (SSSR count). The van der Waals surface area contributed by atoms with E-state index < -0.39 is 0 Å². The van der Waals surface area contributed by atoms with Crippen molar-refractivity contribution < 1.29 is 4.74 Å². The monoisotopic (exact) mass is 237 g/mol. The van der Waals surface area contributed by atoms with E-state index in [1.807, 2.05) is 24.3 Å². The molecule has 1 aromatic carbocycles. The standard InChI is InChI=1S/C10H8BrNO/c1-13-9-4-7-2-3-8(11)5-10(7)12-6-9/h2-6H,1H3. The molecular formula is C10H8BrNO. The van der Waals surface area contributed by atoms with Crippen molar-refractivity contribution in [2.45, 2.75) is 0 Å². The van der Waals surface area contributed by atoms with Crippen LogP contribution in [0.5, 0.6) is 5.75 Å². The minimum atomic E-state index is 0.787. The van der Waals surface area contributed by atoms with E-state index in [9.17, 15) is 0 Å². The van der Waals surface area contributed by atoms with Gasteiger partial charge in [0.1, 0.15) is 5.75 Å². The Kier molecular flexibility index (Phi) is 2.19. The molecule has 0 spiro atoms. The maximum Gasteiger partial charge on any atom is 0.137 e. The number of aromatic nitrogens is 1. The molecule has 0 N–H and O–H groups in total. The van der Waals surface area contributed by atoms with E-state index in [4.69, 9.17) is 4.74 Å². The lowest BCUT2D eigenvalue weighted by atomic mass is 10.2. The third kappa shape index (κ3) is 1.65. The van der Waals surface area contributed by atoms with Gasteiger partial charge in [0.05, 0.1) is 18.8 Å². The molecular weight excluding hydrogens is 230 g/mol. The van der Waals surface area contributed by atoms with Crippen LogP contribution < -0.4 is 4.74 Å². The minimum Gasteiger partial charge on any atom is -0.495 e. The molecule has 0 saturated carbocycles. The van der Waals surface area contributed by atoms with E-state index >= 15 is 0 Å². The summed E-state index contributed by atoms with van der Waals surface area (Å²) in [6.07, 6.45) is 1.72. The smallest absolute Gasteiger partial charge is 0.137 e. The van der Waals surface area contributed by atoms with Gasteiger partial charge < -0.3 is 4.74 Å². The van der Waals surface area contributed by atoms with Crippen LogP contribution in [0.15, 0.2) is 34.9 Å². The third-order valence-corrected chi connectivity index (χ3v) is 2.35. The van der Waals surface area contributed by atoms with Crippen molar-refractivity contribution in [3.63, 3.8) is 0 Å². The summed E-state index contributed by atoms with van der Waals surface area (Å²) in [5.41, 5.74) is 0.968. The first kappa shape index (κ1) is 8.51. The number of hydrogen-bond donors (Lipinski definition) is 0. The fourth-order valence-electron chi connectivity index (χ4n) is 1.19. The lowest BCUT2D eigenvalue weighted by Gasteiger charge is -2.01. The van der Waals surface area contributed by atoms with Crippen molar-refractivity contribution in [2.24, 2.45) is 0 Å². The highest BCUT2D eigenvalue weighted by atomic mass is 79.9. The third-order valence-electron chi connectivity index (χ3n) is 1.86. The topological polar surface area (TPSA) is 22.1 Å². The molecule has 3 heteroatoms. The number of rotatable bonds is 1. The maximum atomic E-state index is 5.08. The van der Waals surface area contributed by atoms with Gasteiger partial charge in [0, 0.05) is 9.86 Å². The molecule has 0 amide bonds. The lowest BCUT2D eigenvalue weighted by molar-refractivity contribution is 0.414. The molecule has 0 saturated heterocycles. The van der Waals surface area contributed by atoms with Gasteiger partial charge >= 0.3 is 0 Å². The van der Waals surface area contributed by atoms with Gasteiger partial charge in [-0.3, -0.25) is 4.98 Å². The van der Waals surface area contributed by atoms with Gasteiger partial charge in [-0.05, 0) is 18.2 Å². The summed E-state index contributed by atoms with van der Waals surface area (Å²) in [6, 6.07) is 7.95. The SMILES string of the molecule is COc1cnc2cc(Br)ccc2c1. The van der Waals surface area contributed by atoms with Crippen LogP contribution in [0.1, 0.15) is 0 Å². The van der Waals surface area contributed by atoms with Crippen LogP contribution >= 0.6 is 15.9 Å². The zero-order valence-corrected chi connectivity index (χ0v) is 8.71. The van der Waals surface area contributed by atoms with Gasteiger partial charge in [0.2, 0.25) is 0 Å². The molecule has 13 heavy (non-hydrogen) atoms. The molecule has 0 aliphatic heterocycles. The van der Waals surface area contributed by atoms with Crippen molar-refractivity contribution >= 4 is 26.8 Å². The fourth-order valence-corrected chi connectivity index (χ4v) is 1.54. The van der Waals surface area contributed by atoms with Crippen LogP contribution in [0.25, 0.3) is 10.9 Å². The predicted octanol–water partition coefficient (Wildman–Crippen LogP) is 3.01. The van der Waals surface area contributed by atoms with Gasteiger partial charge in [-0.2, -0.15) is 0 Å². The molecule has 0 aliphatic rings. The number of nitrogens with zero attached hydrogens (tertiary/aromatic N) is 1. The molecule has 0 unspecified atom stereocenters. The summed E-state index contributed by atoms with van der Waals surface area (Å²) in [5, 5.41) is 1.09. The molecule has 66 valence electrons. The fraction of sp³-hybridized carbons (Fsp3) is 0.100. The second-order valence-electron chi connectivity index (χ2n) is 2.71. The van der Waals surface area contributed by atoms with E-state index in [1.165, 1.54) is 0 Å². The number of halogens is 1. The van der Waals surface area contributed by atoms with Gasteiger partial charge in [0.15, 0.2) is 0 Å². The van der Waals surface area contributed by atoms with E-state index in [2.05, 4.69) is 20.9 Å². The minimum absolute atomic E-state index is 0.787. The largest absolute Gasteiger partial charge is 0.495 e. The first-order chi connectivity index (χ1) is 6.29. The number of hydrogen-bond acceptors (Lipinski definition) is 2. The molecule has 2 aromatic rings. The number of benzene rings is 1. The summed E-state index contributed by atoms with van der Waals surface area (Å²) in [6.45, 7) is 0. The predicted molar refractivity (Wildman–Crippen MR) is 56.0 cm³/mol. The van der Waals surface area contributed by atoms with Gasteiger partial charge in [-0.25, -0.2) is 0 Å². The number of methoxy groups -OCH3 is 1. The quantitative estimate of drug-likeness (QED) is 0.761. The molecule has 0 fully saturated rings. The lowest BCUT2D eigenvalue weighted by Crippen LogP contribution is -1.85. The Labute approximate surface area is 84.7 Å². The zero-order chi connectivity index (χ0) is 9.26. The number of pyridine rings is 1. The van der Waals surface area contributed by atoms with Crippen LogP contribution in [-0.2, 0) is 0 Å². The number of fused-ring (bicyclic) bond motifs is 1. The zero-order valence-electron chi connectivity index (χ0n) is 7.12. The normalized spacial score (nSPS) is 10.3. The van der Waals surface area contributed by atoms with Crippen LogP contribution in [0, 0.1) is 0 Å². The Morgan fingerprint density at radius 2 is 2.15 bits per heavy atom. The molecule has 0 aliphatic carbocycles. The van der Waals surface area contributed by atoms with E-state index in [-0.39, 0.29) is 0 Å². The highest BCUT2D eigenvalue weighted by molar-refractivity contribution is 9.10. The summed E-state index contributed by atoms with van der Waals surface area (Å²) < 4.78 is 6.12. The van der Waals surface area contributed by atoms with E-state index in [1.54, 1.807) is 13.3 Å². The van der Waals surface area contributed by atoms with Crippen molar-refractivity contribution in [3.8, 4) is 5.75 Å². The highest BCUT2D eigenvalue weighted by Gasteiger charge is 1.97. The van der Waals surface area contributed by atoms with Crippen LogP contribution in [0.4, 0.5) is 0 Å². The van der Waals surface area contributed by atoms with E-state index in [0.717, 1.165) is 21.1 Å². The van der Waals surface area contributed by atoms with Gasteiger partial charge in [-0.15, -0.1) is 0 Å². The average Bonchev–Trinajstić information content (AvgIpc) is 2.17. The first-order valence-corrected chi connectivity index (χ1v) is 4.68. The van der Waals surface area contributed by atoms with Crippen molar-refractivity contribution in [1.29, 1.82) is 0 Å². The Hall–Kier alpha value is -1.09. The second kappa shape index (κ2) is 3.34. The summed E-state index contributed by atoms with van der Waals surface area (Å²) in [7, 11) is 1.64. The average molecular weight is 238 g/mol. The second-order valence-corrected chi connectivity index (χ2v) is 3.63. The van der Waals surface area contributed by atoms with Crippen LogP contribution in [0.3, 0.4) is 0 Å². The van der Waals surface area contributed by atoms with Crippen LogP contribution in [-0.4, -0.2) is 12.1 Å². The molecule has 2 nitrogen and oxygen atoms in total. The Balaban J connectivity index is 2.66. The van der Waals surface area contributed by atoms with Crippen molar-refractivity contribution in [3.05, 3.63) is 34.9 Å². The highest BCUT2D eigenvalue weighted by Crippen LogP contribution is 2.21. The summed E-state index contributed by atoms with van der Waals surface area (Å²) in [5.74, 6) is 0.787. The molecule has 1 aromatic heterocycles. The number of ether oxygens (including phenoxy) is 1. The van der Waals surface area contributed by atoms with Crippen molar-refractivity contribution in [2.75, 3.05) is 7.11 Å². The molecule has 0 radical (unpaired) electrons. The maximum absolute atomic E-state index is 5.08. The molecule has 0 atom stereocenters. The first-order valence-electron chi connectivity index (χ1n) is 3.89. The Morgan fingerprint density at radius 3 is 2.92 bits per heavy atom. The summed E-state index contributed by atoms with van der Waals surface area (Å²) in [4.78, 5) is 4.26. The Bertz CT molecular complexity index is 442. The van der Waals surface area contributed by atoms with Gasteiger partial charge in [0.25, 0.3) is 0 Å². The Morgan fingerprint density at radius 1 is 1.31 bits per heavy atom. The van der Waals surface area contributed by atoms with Crippen molar-refractivity contribution in [1.82, 2.24) is 4.98 Å². The molecule has 0 bridgehead atoms. The van der Waals surface area contributed by atoms with E-state index in [0.29, 0.717) is 0 Å². The van der Waals surface area contributed by atoms with Gasteiger partial charge in [-0.1, -0.05) is 22.0 Å². The summed E-state index contributed by atoms with van der Waals surface area (Å²) >= 11 is 3.40.